The first-order chi connectivity index (χ1) is 9.85. The standard InChI is InChI=1S/C16H30N2O2S/c1-12(17-13-7-9-21-11-13)10-14-6-5-8-18(14)15(19)20-16(2,3)4/h12-14,17H,5-11H2,1-4H3. The summed E-state index contributed by atoms with van der Waals surface area (Å²) in [5.74, 6) is 2.50. The second kappa shape index (κ2) is 7.23. The van der Waals surface area contributed by atoms with E-state index in [4.69, 9.17) is 4.74 Å². The van der Waals surface area contributed by atoms with Crippen LogP contribution in [0.4, 0.5) is 4.79 Å². The van der Waals surface area contributed by atoms with Crippen LogP contribution >= 0.6 is 11.8 Å². The Morgan fingerprint density at radius 1 is 1.43 bits per heavy atom. The lowest BCUT2D eigenvalue weighted by atomic mass is 10.1. The molecule has 0 aromatic carbocycles. The summed E-state index contributed by atoms with van der Waals surface area (Å²) in [6.07, 6.45) is 4.35. The third-order valence-electron chi connectivity index (χ3n) is 4.08. The maximum absolute atomic E-state index is 12.3. The summed E-state index contributed by atoms with van der Waals surface area (Å²) >= 11 is 2.03. The third kappa shape index (κ3) is 5.37. The molecule has 122 valence electrons. The van der Waals surface area contributed by atoms with E-state index >= 15 is 0 Å². The van der Waals surface area contributed by atoms with E-state index in [2.05, 4.69) is 12.2 Å². The molecule has 0 saturated carbocycles. The van der Waals surface area contributed by atoms with Gasteiger partial charge in [-0.3, -0.25) is 0 Å². The van der Waals surface area contributed by atoms with Crippen molar-refractivity contribution in [2.24, 2.45) is 0 Å². The van der Waals surface area contributed by atoms with Crippen LogP contribution in [0.15, 0.2) is 0 Å². The van der Waals surface area contributed by atoms with Gasteiger partial charge in [0.05, 0.1) is 0 Å². The molecule has 3 unspecified atom stereocenters. The van der Waals surface area contributed by atoms with Crippen molar-refractivity contribution in [3.05, 3.63) is 0 Å². The summed E-state index contributed by atoms with van der Waals surface area (Å²) < 4.78 is 5.53. The van der Waals surface area contributed by atoms with E-state index in [1.165, 1.54) is 17.9 Å². The van der Waals surface area contributed by atoms with Crippen molar-refractivity contribution in [2.45, 2.75) is 77.1 Å². The second-order valence-electron chi connectivity index (χ2n) is 7.33. The molecule has 2 aliphatic heterocycles. The predicted octanol–water partition coefficient (Wildman–Crippen LogP) is 3.26. The van der Waals surface area contributed by atoms with Gasteiger partial charge < -0.3 is 15.0 Å². The molecule has 2 saturated heterocycles. The average molecular weight is 314 g/mol. The lowest BCUT2D eigenvalue weighted by Crippen LogP contribution is -2.44. The maximum Gasteiger partial charge on any atom is 0.410 e. The molecule has 1 amide bonds. The average Bonchev–Trinajstić information content (AvgIpc) is 2.97. The van der Waals surface area contributed by atoms with Crippen LogP contribution in [0.1, 0.15) is 53.4 Å². The van der Waals surface area contributed by atoms with Gasteiger partial charge in [-0.05, 0) is 59.1 Å². The highest BCUT2D eigenvalue weighted by Crippen LogP contribution is 2.25. The van der Waals surface area contributed by atoms with Crippen molar-refractivity contribution in [2.75, 3.05) is 18.1 Å². The molecule has 1 N–H and O–H groups in total. The molecule has 0 aliphatic carbocycles. The molecule has 0 bridgehead atoms. The molecule has 0 radical (unpaired) electrons. The lowest BCUT2D eigenvalue weighted by molar-refractivity contribution is 0.0214. The lowest BCUT2D eigenvalue weighted by Gasteiger charge is -2.30. The summed E-state index contributed by atoms with van der Waals surface area (Å²) in [5, 5.41) is 3.71. The summed E-state index contributed by atoms with van der Waals surface area (Å²) in [5.41, 5.74) is -0.408. The monoisotopic (exact) mass is 314 g/mol. The summed E-state index contributed by atoms with van der Waals surface area (Å²) in [7, 11) is 0. The highest BCUT2D eigenvalue weighted by molar-refractivity contribution is 7.99. The van der Waals surface area contributed by atoms with E-state index in [0.29, 0.717) is 18.1 Å². The molecule has 2 fully saturated rings. The molecule has 0 aromatic heterocycles. The maximum atomic E-state index is 12.3. The zero-order valence-corrected chi connectivity index (χ0v) is 14.7. The fourth-order valence-electron chi connectivity index (χ4n) is 3.19. The molecular weight excluding hydrogens is 284 g/mol. The van der Waals surface area contributed by atoms with Crippen molar-refractivity contribution >= 4 is 17.9 Å². The molecule has 0 spiro atoms. The van der Waals surface area contributed by atoms with E-state index in [1.807, 2.05) is 37.4 Å². The number of thioether (sulfide) groups is 1. The zero-order valence-electron chi connectivity index (χ0n) is 13.9. The fraction of sp³-hybridized carbons (Fsp3) is 0.938. The zero-order chi connectivity index (χ0) is 15.5. The van der Waals surface area contributed by atoms with Gasteiger partial charge in [-0.15, -0.1) is 0 Å². The Morgan fingerprint density at radius 2 is 2.19 bits per heavy atom. The van der Waals surface area contributed by atoms with Crippen LogP contribution in [0.2, 0.25) is 0 Å². The van der Waals surface area contributed by atoms with Gasteiger partial charge in [0.1, 0.15) is 5.60 Å². The van der Waals surface area contributed by atoms with Crippen molar-refractivity contribution in [3.63, 3.8) is 0 Å². The van der Waals surface area contributed by atoms with Gasteiger partial charge in [-0.2, -0.15) is 11.8 Å². The largest absolute Gasteiger partial charge is 0.444 e. The van der Waals surface area contributed by atoms with E-state index in [9.17, 15) is 4.79 Å². The Bertz CT molecular complexity index is 351. The van der Waals surface area contributed by atoms with Crippen LogP contribution in [0.3, 0.4) is 0 Å². The number of carbonyl (C=O) groups is 1. The Hall–Kier alpha value is -0.420. The first-order valence-electron chi connectivity index (χ1n) is 8.18. The van der Waals surface area contributed by atoms with Crippen molar-refractivity contribution < 1.29 is 9.53 Å². The van der Waals surface area contributed by atoms with Crippen LogP contribution < -0.4 is 5.32 Å². The van der Waals surface area contributed by atoms with Gasteiger partial charge in [0.15, 0.2) is 0 Å². The van der Waals surface area contributed by atoms with Gasteiger partial charge in [-0.25, -0.2) is 4.79 Å². The van der Waals surface area contributed by atoms with Gasteiger partial charge >= 0.3 is 6.09 Å². The Balaban J connectivity index is 1.82. The first kappa shape index (κ1) is 16.9. The number of ether oxygens (including phenoxy) is 1. The highest BCUT2D eigenvalue weighted by Gasteiger charge is 2.33. The van der Waals surface area contributed by atoms with E-state index in [0.717, 1.165) is 25.8 Å². The Kier molecular flexibility index (Phi) is 5.83. The Morgan fingerprint density at radius 3 is 2.81 bits per heavy atom. The number of nitrogens with one attached hydrogen (secondary N) is 1. The summed E-state index contributed by atoms with van der Waals surface area (Å²) in [6.45, 7) is 8.87. The molecule has 5 heteroatoms. The van der Waals surface area contributed by atoms with Gasteiger partial charge in [0.2, 0.25) is 0 Å². The van der Waals surface area contributed by atoms with Gasteiger partial charge in [0.25, 0.3) is 0 Å². The molecule has 21 heavy (non-hydrogen) atoms. The number of hydrogen-bond donors (Lipinski definition) is 1. The number of hydrogen-bond acceptors (Lipinski definition) is 4. The summed E-state index contributed by atoms with van der Waals surface area (Å²) in [6, 6.07) is 1.44. The van der Waals surface area contributed by atoms with Crippen molar-refractivity contribution in [1.29, 1.82) is 0 Å². The van der Waals surface area contributed by atoms with E-state index in [1.54, 1.807) is 0 Å². The quantitative estimate of drug-likeness (QED) is 0.865. The van der Waals surface area contributed by atoms with Crippen LogP contribution in [0.5, 0.6) is 0 Å². The minimum absolute atomic E-state index is 0.145. The minimum atomic E-state index is -0.408. The van der Waals surface area contributed by atoms with Crippen molar-refractivity contribution in [1.82, 2.24) is 10.2 Å². The van der Waals surface area contributed by atoms with Crippen LogP contribution in [0, 0.1) is 0 Å². The molecule has 3 atom stereocenters. The Labute approximate surface area is 133 Å². The number of likely N-dealkylation sites (tertiary alicyclic amines) is 1. The summed E-state index contributed by atoms with van der Waals surface area (Å²) in [4.78, 5) is 14.2. The van der Waals surface area contributed by atoms with Gasteiger partial charge in [-0.1, -0.05) is 0 Å². The number of nitrogens with zero attached hydrogens (tertiary/aromatic N) is 1. The molecule has 0 aromatic rings. The fourth-order valence-corrected chi connectivity index (χ4v) is 4.35. The van der Waals surface area contributed by atoms with Crippen LogP contribution in [-0.4, -0.2) is 52.8 Å². The molecule has 2 rings (SSSR count). The smallest absolute Gasteiger partial charge is 0.410 e. The molecule has 2 heterocycles. The number of rotatable bonds is 4. The molecular formula is C16H30N2O2S. The first-order valence-corrected chi connectivity index (χ1v) is 9.34. The van der Waals surface area contributed by atoms with E-state index < -0.39 is 5.60 Å². The highest BCUT2D eigenvalue weighted by atomic mass is 32.2. The predicted molar refractivity (Wildman–Crippen MR) is 88.9 cm³/mol. The molecule has 2 aliphatic rings. The van der Waals surface area contributed by atoms with Crippen LogP contribution in [-0.2, 0) is 4.74 Å². The number of carbonyl (C=O) groups excluding carboxylic acids is 1. The van der Waals surface area contributed by atoms with Crippen LogP contribution in [0.25, 0.3) is 0 Å². The number of amides is 1. The minimum Gasteiger partial charge on any atom is -0.444 e. The third-order valence-corrected chi connectivity index (χ3v) is 5.24. The SMILES string of the molecule is CC(CC1CCCN1C(=O)OC(C)(C)C)NC1CCSC1. The van der Waals surface area contributed by atoms with Gasteiger partial charge in [0, 0.05) is 30.4 Å². The topological polar surface area (TPSA) is 41.6 Å². The van der Waals surface area contributed by atoms with Crippen molar-refractivity contribution in [3.8, 4) is 0 Å². The second-order valence-corrected chi connectivity index (χ2v) is 8.48. The van der Waals surface area contributed by atoms with E-state index in [-0.39, 0.29) is 6.09 Å². The molecule has 4 nitrogen and oxygen atoms in total. The normalized spacial score (nSPS) is 27.9.